The van der Waals surface area contributed by atoms with Crippen LogP contribution in [0.4, 0.5) is 0 Å². The zero-order valence-corrected chi connectivity index (χ0v) is 11.9. The molecule has 2 heterocycles. The summed E-state index contributed by atoms with van der Waals surface area (Å²) in [6.07, 6.45) is 0.412. The Morgan fingerprint density at radius 2 is 2.05 bits per heavy atom. The van der Waals surface area contributed by atoms with Gasteiger partial charge in [0.25, 0.3) is 5.91 Å². The van der Waals surface area contributed by atoms with Crippen molar-refractivity contribution in [2.75, 3.05) is 11.5 Å². The molecule has 1 aliphatic rings. The highest BCUT2D eigenvalue weighted by Crippen LogP contribution is 2.16. The van der Waals surface area contributed by atoms with Crippen LogP contribution in [-0.2, 0) is 9.84 Å². The Hall–Kier alpha value is -2.15. The van der Waals surface area contributed by atoms with Gasteiger partial charge in [-0.15, -0.1) is 0 Å². The summed E-state index contributed by atoms with van der Waals surface area (Å²) in [4.78, 5) is 26.6. The van der Waals surface area contributed by atoms with Gasteiger partial charge in [0.05, 0.1) is 17.1 Å². The number of carbonyl (C=O) groups excluding carboxylic acids is 1. The monoisotopic (exact) mass is 306 g/mol. The lowest BCUT2D eigenvalue weighted by atomic mass is 10.1. The van der Waals surface area contributed by atoms with Crippen molar-refractivity contribution in [3.05, 3.63) is 46.2 Å². The number of hydrogen-bond acceptors (Lipinski definition) is 4. The van der Waals surface area contributed by atoms with Crippen molar-refractivity contribution in [1.29, 1.82) is 0 Å². The van der Waals surface area contributed by atoms with E-state index in [9.17, 15) is 18.0 Å². The second-order valence-electron chi connectivity index (χ2n) is 5.17. The number of benzene rings is 1. The largest absolute Gasteiger partial charge is 0.348 e. The predicted octanol–water partition coefficient (Wildman–Crippen LogP) is 0.445. The molecule has 0 aliphatic carbocycles. The summed E-state index contributed by atoms with van der Waals surface area (Å²) in [5.74, 6) is -0.368. The minimum atomic E-state index is -3.06. The second kappa shape index (κ2) is 5.00. The molecule has 7 heteroatoms. The molecule has 1 aliphatic heterocycles. The van der Waals surface area contributed by atoms with Gasteiger partial charge < -0.3 is 10.3 Å². The summed E-state index contributed by atoms with van der Waals surface area (Å²) < 4.78 is 22.8. The number of fused-ring (bicyclic) bond motifs is 1. The van der Waals surface area contributed by atoms with Crippen LogP contribution in [0.5, 0.6) is 0 Å². The highest BCUT2D eigenvalue weighted by atomic mass is 32.2. The Labute approximate surface area is 121 Å². The molecule has 6 nitrogen and oxygen atoms in total. The summed E-state index contributed by atoms with van der Waals surface area (Å²) in [7, 11) is -3.06. The van der Waals surface area contributed by atoms with E-state index in [-0.39, 0.29) is 28.7 Å². The third kappa shape index (κ3) is 2.82. The van der Waals surface area contributed by atoms with Gasteiger partial charge in [0.1, 0.15) is 0 Å². The van der Waals surface area contributed by atoms with Crippen molar-refractivity contribution in [2.24, 2.45) is 0 Å². The van der Waals surface area contributed by atoms with Gasteiger partial charge in [-0.05, 0) is 12.5 Å². The van der Waals surface area contributed by atoms with Crippen LogP contribution < -0.4 is 10.9 Å². The molecule has 2 N–H and O–H groups in total. The number of sulfone groups is 1. The quantitative estimate of drug-likeness (QED) is 0.841. The number of H-pyrrole nitrogens is 1. The van der Waals surface area contributed by atoms with Crippen LogP contribution in [0.1, 0.15) is 16.8 Å². The minimum absolute atomic E-state index is 0.0418. The van der Waals surface area contributed by atoms with Crippen LogP contribution in [0.2, 0.25) is 0 Å². The molecule has 0 bridgehead atoms. The summed E-state index contributed by atoms with van der Waals surface area (Å²) >= 11 is 0. The maximum Gasteiger partial charge on any atom is 0.252 e. The molecule has 1 fully saturated rings. The molecule has 0 unspecified atom stereocenters. The number of aromatic amines is 1. The lowest BCUT2D eigenvalue weighted by molar-refractivity contribution is 0.0942. The van der Waals surface area contributed by atoms with Crippen molar-refractivity contribution in [3.8, 4) is 0 Å². The molecular weight excluding hydrogens is 292 g/mol. The number of rotatable bonds is 2. The highest BCUT2D eigenvalue weighted by molar-refractivity contribution is 7.91. The molecule has 21 heavy (non-hydrogen) atoms. The van der Waals surface area contributed by atoms with Gasteiger partial charge in [0.15, 0.2) is 9.84 Å². The average molecular weight is 306 g/mol. The lowest BCUT2D eigenvalue weighted by Gasteiger charge is -2.12. The summed E-state index contributed by atoms with van der Waals surface area (Å²) in [6.45, 7) is 0. The number of carbonyl (C=O) groups is 1. The van der Waals surface area contributed by atoms with E-state index in [1.54, 1.807) is 24.3 Å². The van der Waals surface area contributed by atoms with Gasteiger partial charge in [-0.25, -0.2) is 8.42 Å². The third-order valence-electron chi connectivity index (χ3n) is 3.56. The maximum atomic E-state index is 12.3. The zero-order valence-electron chi connectivity index (χ0n) is 11.1. The van der Waals surface area contributed by atoms with E-state index in [2.05, 4.69) is 10.3 Å². The normalized spacial score (nSPS) is 20.5. The summed E-state index contributed by atoms with van der Waals surface area (Å²) in [6, 6.07) is 7.85. The van der Waals surface area contributed by atoms with E-state index in [1.165, 1.54) is 6.07 Å². The number of para-hydroxylation sites is 1. The molecule has 1 aromatic carbocycles. The first kappa shape index (κ1) is 13.8. The number of hydrogen-bond donors (Lipinski definition) is 2. The molecule has 1 saturated heterocycles. The van der Waals surface area contributed by atoms with Gasteiger partial charge in [-0.1, -0.05) is 18.2 Å². The summed E-state index contributed by atoms with van der Waals surface area (Å²) in [5.41, 5.74) is 0.478. The van der Waals surface area contributed by atoms with Gasteiger partial charge in [0, 0.05) is 23.0 Å². The maximum absolute atomic E-state index is 12.3. The molecule has 0 spiro atoms. The Balaban J connectivity index is 1.93. The van der Waals surface area contributed by atoms with Gasteiger partial charge in [-0.2, -0.15) is 0 Å². The van der Waals surface area contributed by atoms with E-state index < -0.39 is 15.7 Å². The topological polar surface area (TPSA) is 96.1 Å². The first-order valence-electron chi connectivity index (χ1n) is 6.58. The molecule has 0 saturated carbocycles. The van der Waals surface area contributed by atoms with E-state index in [4.69, 9.17) is 0 Å². The highest BCUT2D eigenvalue weighted by Gasteiger charge is 2.29. The number of amides is 1. The van der Waals surface area contributed by atoms with Crippen LogP contribution in [0.25, 0.3) is 10.9 Å². The van der Waals surface area contributed by atoms with Crippen LogP contribution in [0.15, 0.2) is 35.1 Å². The Kier molecular flexibility index (Phi) is 3.29. The molecule has 1 amide bonds. The van der Waals surface area contributed by atoms with E-state index in [1.807, 2.05) is 0 Å². The van der Waals surface area contributed by atoms with Gasteiger partial charge in [0.2, 0.25) is 5.56 Å². The van der Waals surface area contributed by atoms with Crippen LogP contribution in [0.3, 0.4) is 0 Å². The first-order valence-corrected chi connectivity index (χ1v) is 8.40. The average Bonchev–Trinajstić information content (AvgIpc) is 2.76. The van der Waals surface area contributed by atoms with Crippen molar-refractivity contribution in [2.45, 2.75) is 12.5 Å². The molecular formula is C14H14N2O4S. The molecule has 1 atom stereocenters. The third-order valence-corrected chi connectivity index (χ3v) is 5.33. The molecule has 1 aromatic heterocycles. The SMILES string of the molecule is O=C(N[C@@H]1CCS(=O)(=O)C1)c1cc(=O)[nH]c2ccccc12. The summed E-state index contributed by atoms with van der Waals surface area (Å²) in [5, 5.41) is 3.33. The van der Waals surface area contributed by atoms with Crippen LogP contribution >= 0.6 is 0 Å². The number of pyridine rings is 1. The fraction of sp³-hybridized carbons (Fsp3) is 0.286. The second-order valence-corrected chi connectivity index (χ2v) is 7.39. The Morgan fingerprint density at radius 3 is 2.76 bits per heavy atom. The molecule has 110 valence electrons. The molecule has 3 rings (SSSR count). The predicted molar refractivity (Wildman–Crippen MR) is 79.1 cm³/mol. The lowest BCUT2D eigenvalue weighted by Crippen LogP contribution is -2.36. The Bertz CT molecular complexity index is 870. The smallest absolute Gasteiger partial charge is 0.252 e. The van der Waals surface area contributed by atoms with Crippen molar-refractivity contribution in [3.63, 3.8) is 0 Å². The number of aromatic nitrogens is 1. The zero-order chi connectivity index (χ0) is 15.0. The van der Waals surface area contributed by atoms with E-state index in [0.717, 1.165) is 0 Å². The fourth-order valence-electron chi connectivity index (χ4n) is 2.56. The van der Waals surface area contributed by atoms with Gasteiger partial charge in [-0.3, -0.25) is 9.59 Å². The fourth-order valence-corrected chi connectivity index (χ4v) is 4.24. The van der Waals surface area contributed by atoms with Crippen LogP contribution in [0, 0.1) is 0 Å². The first-order chi connectivity index (χ1) is 9.94. The van der Waals surface area contributed by atoms with Crippen molar-refractivity contribution in [1.82, 2.24) is 10.3 Å². The van der Waals surface area contributed by atoms with E-state index >= 15 is 0 Å². The minimum Gasteiger partial charge on any atom is -0.348 e. The molecule has 2 aromatic rings. The van der Waals surface area contributed by atoms with Gasteiger partial charge >= 0.3 is 0 Å². The Morgan fingerprint density at radius 1 is 1.29 bits per heavy atom. The van der Waals surface area contributed by atoms with E-state index in [0.29, 0.717) is 17.3 Å². The van der Waals surface area contributed by atoms with Crippen LogP contribution in [-0.4, -0.2) is 36.9 Å². The standard InChI is InChI=1S/C14H14N2O4S/c17-13-7-11(10-3-1-2-4-12(10)16-13)14(18)15-9-5-6-21(19,20)8-9/h1-4,7,9H,5-6,8H2,(H,15,18)(H,16,17)/t9-/m1/s1. The number of nitrogens with one attached hydrogen (secondary N) is 2. The van der Waals surface area contributed by atoms with Crippen molar-refractivity contribution >= 4 is 26.6 Å². The molecule has 0 radical (unpaired) electrons. The van der Waals surface area contributed by atoms with Crippen molar-refractivity contribution < 1.29 is 13.2 Å².